The molecule has 0 spiro atoms. The van der Waals surface area contributed by atoms with E-state index in [-0.39, 0.29) is 11.4 Å². The van der Waals surface area contributed by atoms with E-state index in [0.717, 1.165) is 12.1 Å². The molecule has 23 heavy (non-hydrogen) atoms. The van der Waals surface area contributed by atoms with Crippen LogP contribution < -0.4 is 15.2 Å². The molecule has 0 aliphatic carbocycles. The monoisotopic (exact) mass is 339 g/mol. The van der Waals surface area contributed by atoms with Gasteiger partial charge in [-0.05, 0) is 42.0 Å². The van der Waals surface area contributed by atoms with E-state index in [1.807, 2.05) is 0 Å². The Morgan fingerprint density at radius 1 is 1.04 bits per heavy atom. The quantitative estimate of drug-likeness (QED) is 0.817. The molecule has 1 atom stereocenters. The SMILES string of the molecule is COc1ccc([C@@H](CN)S(=O)(=O)c2ccc(F)cc2)cc1OC. The van der Waals surface area contributed by atoms with Gasteiger partial charge < -0.3 is 15.2 Å². The Kier molecular flexibility index (Phi) is 5.23. The summed E-state index contributed by atoms with van der Waals surface area (Å²) in [5, 5.41) is -0.965. The van der Waals surface area contributed by atoms with Gasteiger partial charge in [-0.25, -0.2) is 12.8 Å². The van der Waals surface area contributed by atoms with Crippen molar-refractivity contribution in [1.82, 2.24) is 0 Å². The van der Waals surface area contributed by atoms with Crippen molar-refractivity contribution in [3.8, 4) is 11.5 Å². The number of sulfone groups is 1. The standard InChI is InChI=1S/C16H18FNO4S/c1-21-14-8-3-11(9-15(14)22-2)16(10-18)23(19,20)13-6-4-12(17)5-7-13/h3-9,16H,10,18H2,1-2H3/t16-/m1/s1. The minimum Gasteiger partial charge on any atom is -0.493 e. The van der Waals surface area contributed by atoms with Gasteiger partial charge in [-0.15, -0.1) is 0 Å². The normalized spacial score (nSPS) is 12.7. The molecular weight excluding hydrogens is 321 g/mol. The van der Waals surface area contributed by atoms with Crippen LogP contribution in [-0.4, -0.2) is 29.2 Å². The van der Waals surface area contributed by atoms with E-state index < -0.39 is 20.9 Å². The molecule has 0 aliphatic rings. The maximum Gasteiger partial charge on any atom is 0.186 e. The van der Waals surface area contributed by atoms with Crippen molar-refractivity contribution in [3.63, 3.8) is 0 Å². The van der Waals surface area contributed by atoms with E-state index in [9.17, 15) is 12.8 Å². The van der Waals surface area contributed by atoms with E-state index in [1.54, 1.807) is 18.2 Å². The first-order valence-electron chi connectivity index (χ1n) is 6.85. The third-order valence-corrected chi connectivity index (χ3v) is 5.65. The summed E-state index contributed by atoms with van der Waals surface area (Å²) in [6, 6.07) is 9.50. The Hall–Kier alpha value is -2.12. The van der Waals surface area contributed by atoms with Crippen LogP contribution in [0.5, 0.6) is 11.5 Å². The third kappa shape index (κ3) is 3.46. The molecule has 5 nitrogen and oxygen atoms in total. The summed E-state index contributed by atoms with van der Waals surface area (Å²) in [5.74, 6) is 0.406. The van der Waals surface area contributed by atoms with Gasteiger partial charge in [-0.1, -0.05) is 6.07 Å². The molecule has 0 saturated heterocycles. The highest BCUT2D eigenvalue weighted by Crippen LogP contribution is 2.34. The lowest BCUT2D eigenvalue weighted by Gasteiger charge is -2.18. The van der Waals surface area contributed by atoms with Crippen LogP contribution in [0.1, 0.15) is 10.8 Å². The van der Waals surface area contributed by atoms with Crippen LogP contribution in [0.3, 0.4) is 0 Å². The molecule has 0 saturated carbocycles. The Balaban J connectivity index is 2.48. The molecule has 2 aromatic rings. The van der Waals surface area contributed by atoms with Crippen LogP contribution in [0.25, 0.3) is 0 Å². The summed E-state index contributed by atoms with van der Waals surface area (Å²) in [4.78, 5) is 0.0177. The molecule has 2 N–H and O–H groups in total. The molecule has 124 valence electrons. The second-order valence-corrected chi connectivity index (χ2v) is 6.97. The fourth-order valence-corrected chi connectivity index (χ4v) is 3.89. The van der Waals surface area contributed by atoms with E-state index in [4.69, 9.17) is 15.2 Å². The summed E-state index contributed by atoms with van der Waals surface area (Å²) in [5.41, 5.74) is 6.18. The zero-order valence-corrected chi connectivity index (χ0v) is 13.6. The number of hydrogen-bond acceptors (Lipinski definition) is 5. The highest BCUT2D eigenvalue weighted by Gasteiger charge is 2.28. The van der Waals surface area contributed by atoms with Gasteiger partial charge in [-0.3, -0.25) is 0 Å². The molecule has 0 radical (unpaired) electrons. The number of halogens is 1. The molecule has 2 rings (SSSR count). The maximum atomic E-state index is 13.0. The van der Waals surface area contributed by atoms with E-state index in [2.05, 4.69) is 0 Å². The molecule has 0 aliphatic heterocycles. The van der Waals surface area contributed by atoms with Gasteiger partial charge in [0.05, 0.1) is 19.1 Å². The Morgan fingerprint density at radius 3 is 2.17 bits per heavy atom. The number of nitrogens with two attached hydrogens (primary N) is 1. The van der Waals surface area contributed by atoms with Gasteiger partial charge in [0.1, 0.15) is 11.1 Å². The molecule has 7 heteroatoms. The highest BCUT2D eigenvalue weighted by molar-refractivity contribution is 7.91. The largest absolute Gasteiger partial charge is 0.493 e. The second kappa shape index (κ2) is 6.97. The first-order valence-corrected chi connectivity index (χ1v) is 8.40. The van der Waals surface area contributed by atoms with Gasteiger partial charge in [-0.2, -0.15) is 0 Å². The van der Waals surface area contributed by atoms with Crippen molar-refractivity contribution in [2.75, 3.05) is 20.8 Å². The highest BCUT2D eigenvalue weighted by atomic mass is 32.2. The average Bonchev–Trinajstić information content (AvgIpc) is 2.55. The van der Waals surface area contributed by atoms with Crippen LogP contribution in [0.15, 0.2) is 47.4 Å². The van der Waals surface area contributed by atoms with Crippen molar-refractivity contribution in [1.29, 1.82) is 0 Å². The van der Waals surface area contributed by atoms with Gasteiger partial charge in [0.15, 0.2) is 21.3 Å². The van der Waals surface area contributed by atoms with Gasteiger partial charge in [0, 0.05) is 6.54 Å². The molecule has 0 bridgehead atoms. The third-order valence-electron chi connectivity index (χ3n) is 3.51. The summed E-state index contributed by atoms with van der Waals surface area (Å²) in [7, 11) is -0.794. The Morgan fingerprint density at radius 2 is 1.65 bits per heavy atom. The summed E-state index contributed by atoms with van der Waals surface area (Å²) >= 11 is 0. The van der Waals surface area contributed by atoms with E-state index in [0.29, 0.717) is 17.1 Å². The lowest BCUT2D eigenvalue weighted by atomic mass is 10.1. The van der Waals surface area contributed by atoms with E-state index in [1.165, 1.54) is 26.4 Å². The maximum absolute atomic E-state index is 13.0. The second-order valence-electron chi connectivity index (χ2n) is 4.84. The number of rotatable bonds is 6. The number of ether oxygens (including phenoxy) is 2. The molecule has 2 aromatic carbocycles. The van der Waals surface area contributed by atoms with Crippen LogP contribution in [0.2, 0.25) is 0 Å². The van der Waals surface area contributed by atoms with Crippen molar-refractivity contribution in [2.24, 2.45) is 5.73 Å². The first kappa shape index (κ1) is 17.2. The number of methoxy groups -OCH3 is 2. The van der Waals surface area contributed by atoms with Crippen molar-refractivity contribution < 1.29 is 22.3 Å². The van der Waals surface area contributed by atoms with E-state index >= 15 is 0 Å². The zero-order valence-electron chi connectivity index (χ0n) is 12.8. The summed E-state index contributed by atoms with van der Waals surface area (Å²) < 4.78 is 48.9. The Bertz CT molecular complexity index is 775. The number of benzene rings is 2. The minimum atomic E-state index is -3.75. The molecule has 0 heterocycles. The van der Waals surface area contributed by atoms with Crippen molar-refractivity contribution in [2.45, 2.75) is 10.1 Å². The van der Waals surface area contributed by atoms with Crippen LogP contribution in [0, 0.1) is 5.82 Å². The summed E-state index contributed by atoms with van der Waals surface area (Å²) in [6.07, 6.45) is 0. The zero-order chi connectivity index (χ0) is 17.0. The summed E-state index contributed by atoms with van der Waals surface area (Å²) in [6.45, 7) is -0.116. The van der Waals surface area contributed by atoms with Crippen molar-refractivity contribution >= 4 is 9.84 Å². The molecular formula is C16H18FNO4S. The van der Waals surface area contributed by atoms with Gasteiger partial charge in [0.2, 0.25) is 0 Å². The number of hydrogen-bond donors (Lipinski definition) is 1. The molecule has 0 fully saturated rings. The van der Waals surface area contributed by atoms with Crippen LogP contribution in [0.4, 0.5) is 4.39 Å². The van der Waals surface area contributed by atoms with Crippen LogP contribution in [-0.2, 0) is 9.84 Å². The lowest BCUT2D eigenvalue weighted by Crippen LogP contribution is -2.22. The fourth-order valence-electron chi connectivity index (χ4n) is 2.28. The first-order chi connectivity index (χ1) is 10.9. The van der Waals surface area contributed by atoms with Crippen LogP contribution >= 0.6 is 0 Å². The average molecular weight is 339 g/mol. The molecule has 0 unspecified atom stereocenters. The molecule has 0 aromatic heterocycles. The lowest BCUT2D eigenvalue weighted by molar-refractivity contribution is 0.354. The van der Waals surface area contributed by atoms with Crippen molar-refractivity contribution in [3.05, 3.63) is 53.8 Å². The van der Waals surface area contributed by atoms with Gasteiger partial charge in [0.25, 0.3) is 0 Å². The Labute approximate surface area is 134 Å². The topological polar surface area (TPSA) is 78.6 Å². The molecule has 0 amide bonds. The van der Waals surface area contributed by atoms with Gasteiger partial charge >= 0.3 is 0 Å². The predicted octanol–water partition coefficient (Wildman–Crippen LogP) is 2.32. The predicted molar refractivity (Wildman–Crippen MR) is 84.9 cm³/mol. The smallest absolute Gasteiger partial charge is 0.186 e. The minimum absolute atomic E-state index is 0.0177. The fraction of sp³-hybridized carbons (Fsp3) is 0.250.